The van der Waals surface area contributed by atoms with Gasteiger partial charge in [0, 0.05) is 18.4 Å². The molecule has 1 aromatic carbocycles. The molecule has 21 heavy (non-hydrogen) atoms. The van der Waals surface area contributed by atoms with Crippen molar-refractivity contribution < 1.29 is 9.90 Å². The minimum atomic E-state index is -0.130. The summed E-state index contributed by atoms with van der Waals surface area (Å²) in [4.78, 5) is 14.1. The van der Waals surface area contributed by atoms with Crippen molar-refractivity contribution >= 4 is 11.6 Å². The summed E-state index contributed by atoms with van der Waals surface area (Å²) in [6.45, 7) is 0.677. The number of anilines is 1. The van der Waals surface area contributed by atoms with Gasteiger partial charge in [-0.1, -0.05) is 6.07 Å². The van der Waals surface area contributed by atoms with Gasteiger partial charge in [-0.25, -0.2) is 4.68 Å². The average molecular weight is 286 g/mol. The minimum absolute atomic E-state index is 0.00165. The number of carbonyl (C=O) groups is 1. The number of nitrogens with zero attached hydrogens (tertiary/aromatic N) is 3. The summed E-state index contributed by atoms with van der Waals surface area (Å²) >= 11 is 0. The van der Waals surface area contributed by atoms with Gasteiger partial charge < -0.3 is 15.7 Å². The predicted octanol–water partition coefficient (Wildman–Crippen LogP) is 1.05. The first-order chi connectivity index (χ1) is 10.2. The van der Waals surface area contributed by atoms with E-state index in [1.54, 1.807) is 34.0 Å². The van der Waals surface area contributed by atoms with Gasteiger partial charge in [-0.15, -0.1) is 0 Å². The maximum atomic E-state index is 12.4. The Morgan fingerprint density at radius 2 is 2.29 bits per heavy atom. The highest BCUT2D eigenvalue weighted by molar-refractivity contribution is 5.92. The van der Waals surface area contributed by atoms with Crippen LogP contribution in [-0.4, -0.2) is 44.9 Å². The Balaban J connectivity index is 1.83. The second-order valence-electron chi connectivity index (χ2n) is 5.22. The molecule has 3 rings (SSSR count). The minimum Gasteiger partial charge on any atom is -0.399 e. The fourth-order valence-corrected chi connectivity index (χ4v) is 2.69. The quantitative estimate of drug-likeness (QED) is 0.826. The average Bonchev–Trinajstić information content (AvgIpc) is 3.15. The number of rotatable bonds is 3. The summed E-state index contributed by atoms with van der Waals surface area (Å²) in [7, 11) is 0. The molecule has 2 aromatic rings. The number of aliphatic hydroxyl groups excluding tert-OH is 1. The third-order valence-electron chi connectivity index (χ3n) is 3.79. The van der Waals surface area contributed by atoms with E-state index in [4.69, 9.17) is 5.73 Å². The number of hydrogen-bond acceptors (Lipinski definition) is 4. The number of carbonyl (C=O) groups excluding carboxylic acids is 1. The van der Waals surface area contributed by atoms with Gasteiger partial charge in [0.2, 0.25) is 0 Å². The molecule has 1 saturated heterocycles. The Bertz CT molecular complexity index is 653. The molecule has 1 aliphatic heterocycles. The Morgan fingerprint density at radius 3 is 3.05 bits per heavy atom. The van der Waals surface area contributed by atoms with Crippen molar-refractivity contribution in [3.63, 3.8) is 0 Å². The van der Waals surface area contributed by atoms with Crippen LogP contribution in [0.3, 0.4) is 0 Å². The summed E-state index contributed by atoms with van der Waals surface area (Å²) in [5.74, 6) is -0.130. The molecule has 0 bridgehead atoms. The van der Waals surface area contributed by atoms with Crippen LogP contribution in [0.2, 0.25) is 0 Å². The molecule has 1 fully saturated rings. The van der Waals surface area contributed by atoms with Crippen molar-refractivity contribution in [3.05, 3.63) is 42.2 Å². The second kappa shape index (κ2) is 5.57. The van der Waals surface area contributed by atoms with Crippen molar-refractivity contribution in [2.75, 3.05) is 18.9 Å². The summed E-state index contributed by atoms with van der Waals surface area (Å²) in [6.07, 6.45) is 3.51. The third kappa shape index (κ3) is 2.62. The first-order valence-corrected chi connectivity index (χ1v) is 7.02. The van der Waals surface area contributed by atoms with Crippen LogP contribution in [-0.2, 0) is 0 Å². The van der Waals surface area contributed by atoms with E-state index in [2.05, 4.69) is 5.10 Å². The molecule has 0 saturated carbocycles. The number of aromatic nitrogens is 2. The van der Waals surface area contributed by atoms with Gasteiger partial charge in [0.1, 0.15) is 0 Å². The lowest BCUT2D eigenvalue weighted by molar-refractivity contribution is 0.0671. The highest BCUT2D eigenvalue weighted by Crippen LogP contribution is 2.19. The highest BCUT2D eigenvalue weighted by atomic mass is 16.3. The van der Waals surface area contributed by atoms with Crippen LogP contribution >= 0.6 is 0 Å². The van der Waals surface area contributed by atoms with Crippen molar-refractivity contribution in [3.8, 4) is 5.69 Å². The van der Waals surface area contributed by atoms with Gasteiger partial charge in [0.05, 0.1) is 18.3 Å². The van der Waals surface area contributed by atoms with Crippen LogP contribution in [0.1, 0.15) is 23.3 Å². The monoisotopic (exact) mass is 286 g/mol. The maximum Gasteiger partial charge on any atom is 0.274 e. The molecule has 1 unspecified atom stereocenters. The second-order valence-corrected chi connectivity index (χ2v) is 5.22. The Morgan fingerprint density at radius 1 is 1.43 bits per heavy atom. The lowest BCUT2D eigenvalue weighted by Crippen LogP contribution is -2.37. The van der Waals surface area contributed by atoms with E-state index in [0.717, 1.165) is 18.5 Å². The molecule has 1 aliphatic rings. The van der Waals surface area contributed by atoms with Crippen LogP contribution in [0.15, 0.2) is 36.5 Å². The molecule has 110 valence electrons. The highest BCUT2D eigenvalue weighted by Gasteiger charge is 2.29. The molecular formula is C15H18N4O2. The Hall–Kier alpha value is -2.34. The Kier molecular flexibility index (Phi) is 3.62. The predicted molar refractivity (Wildman–Crippen MR) is 79.1 cm³/mol. The standard InChI is InChI=1S/C15H18N4O2/c16-11-3-1-4-12(9-11)19-8-6-14(17-19)15(21)18-7-2-5-13(18)10-20/h1,3-4,6,8-9,13,20H,2,5,7,10,16H2. The first-order valence-electron chi connectivity index (χ1n) is 7.02. The van der Waals surface area contributed by atoms with Crippen molar-refractivity contribution in [1.82, 2.24) is 14.7 Å². The largest absolute Gasteiger partial charge is 0.399 e. The molecule has 6 heteroatoms. The van der Waals surface area contributed by atoms with Gasteiger partial charge in [0.25, 0.3) is 5.91 Å². The summed E-state index contributed by atoms with van der Waals surface area (Å²) in [5.41, 5.74) is 7.60. The molecule has 1 aromatic heterocycles. The lowest BCUT2D eigenvalue weighted by Gasteiger charge is -2.21. The summed E-state index contributed by atoms with van der Waals surface area (Å²) in [6, 6.07) is 8.93. The number of nitrogens with two attached hydrogens (primary N) is 1. The number of nitrogen functional groups attached to an aromatic ring is 1. The van der Waals surface area contributed by atoms with E-state index >= 15 is 0 Å². The molecule has 0 spiro atoms. The van der Waals surface area contributed by atoms with E-state index in [9.17, 15) is 9.90 Å². The third-order valence-corrected chi connectivity index (χ3v) is 3.79. The fraction of sp³-hybridized carbons (Fsp3) is 0.333. The summed E-state index contributed by atoms with van der Waals surface area (Å²) < 4.78 is 1.63. The zero-order valence-corrected chi connectivity index (χ0v) is 11.6. The number of hydrogen-bond donors (Lipinski definition) is 2. The van der Waals surface area contributed by atoms with E-state index in [1.807, 2.05) is 12.1 Å². The van der Waals surface area contributed by atoms with Crippen molar-refractivity contribution in [2.24, 2.45) is 0 Å². The van der Waals surface area contributed by atoms with E-state index < -0.39 is 0 Å². The van der Waals surface area contributed by atoms with Crippen molar-refractivity contribution in [2.45, 2.75) is 18.9 Å². The smallest absolute Gasteiger partial charge is 0.274 e. The van der Waals surface area contributed by atoms with Crippen molar-refractivity contribution in [1.29, 1.82) is 0 Å². The van der Waals surface area contributed by atoms with Gasteiger partial charge in [-0.05, 0) is 37.1 Å². The van der Waals surface area contributed by atoms with E-state index in [0.29, 0.717) is 17.9 Å². The number of aliphatic hydroxyl groups is 1. The molecular weight excluding hydrogens is 268 g/mol. The molecule has 0 aliphatic carbocycles. The molecule has 0 radical (unpaired) electrons. The summed E-state index contributed by atoms with van der Waals surface area (Å²) in [5, 5.41) is 13.6. The SMILES string of the molecule is Nc1cccc(-n2ccc(C(=O)N3CCCC3CO)n2)c1. The molecule has 1 atom stereocenters. The normalized spacial score (nSPS) is 18.1. The van der Waals surface area contributed by atoms with Crippen LogP contribution in [0, 0.1) is 0 Å². The number of amides is 1. The van der Waals surface area contributed by atoms with Crippen LogP contribution in [0.5, 0.6) is 0 Å². The van der Waals surface area contributed by atoms with E-state index in [1.165, 1.54) is 0 Å². The number of benzene rings is 1. The van der Waals surface area contributed by atoms with Crippen LogP contribution in [0.4, 0.5) is 5.69 Å². The van der Waals surface area contributed by atoms with Gasteiger partial charge in [-0.2, -0.15) is 5.10 Å². The zero-order valence-electron chi connectivity index (χ0n) is 11.6. The zero-order chi connectivity index (χ0) is 14.8. The molecule has 1 amide bonds. The molecule has 3 N–H and O–H groups in total. The van der Waals surface area contributed by atoms with Crippen LogP contribution in [0.25, 0.3) is 5.69 Å². The first kappa shape index (κ1) is 13.6. The number of likely N-dealkylation sites (tertiary alicyclic amines) is 1. The van der Waals surface area contributed by atoms with Crippen LogP contribution < -0.4 is 5.73 Å². The van der Waals surface area contributed by atoms with Gasteiger partial charge in [-0.3, -0.25) is 4.79 Å². The maximum absolute atomic E-state index is 12.4. The Labute approximate surface area is 122 Å². The molecule has 6 nitrogen and oxygen atoms in total. The molecule has 2 heterocycles. The topological polar surface area (TPSA) is 84.4 Å². The van der Waals surface area contributed by atoms with Gasteiger partial charge >= 0.3 is 0 Å². The van der Waals surface area contributed by atoms with E-state index in [-0.39, 0.29) is 18.6 Å². The van der Waals surface area contributed by atoms with Gasteiger partial charge in [0.15, 0.2) is 5.69 Å². The lowest BCUT2D eigenvalue weighted by atomic mass is 10.2. The fourth-order valence-electron chi connectivity index (χ4n) is 2.69.